The van der Waals surface area contributed by atoms with Crippen molar-refractivity contribution in [3.63, 3.8) is 0 Å². The van der Waals surface area contributed by atoms with Crippen molar-refractivity contribution in [3.8, 4) is 0 Å². The van der Waals surface area contributed by atoms with Crippen LogP contribution in [0.3, 0.4) is 0 Å². The Morgan fingerprint density at radius 3 is 2.69 bits per heavy atom. The molecular formula is C10H21NOS. The van der Waals surface area contributed by atoms with Crippen molar-refractivity contribution in [1.29, 1.82) is 0 Å². The monoisotopic (exact) mass is 203 g/mol. The summed E-state index contributed by atoms with van der Waals surface area (Å²) in [6, 6.07) is 0.376. The molecule has 78 valence electrons. The molecule has 0 N–H and O–H groups in total. The van der Waals surface area contributed by atoms with Crippen LogP contribution >= 0.6 is 0 Å². The molecule has 3 heteroatoms. The molecule has 13 heavy (non-hydrogen) atoms. The number of methoxy groups -OCH3 is 1. The van der Waals surface area contributed by atoms with Crippen LogP contribution in [-0.2, 0) is 15.4 Å². The zero-order valence-corrected chi connectivity index (χ0v) is 9.93. The minimum atomic E-state index is 0.311. The Morgan fingerprint density at radius 2 is 2.23 bits per heavy atom. The highest BCUT2D eigenvalue weighted by molar-refractivity contribution is 7.88. The molecule has 0 aliphatic carbocycles. The average Bonchev–Trinajstić information content (AvgIpc) is 2.30. The summed E-state index contributed by atoms with van der Waals surface area (Å²) >= 11 is 0. The van der Waals surface area contributed by atoms with E-state index < -0.39 is 0 Å². The lowest BCUT2D eigenvalue weighted by molar-refractivity contribution is 0.186. The van der Waals surface area contributed by atoms with Gasteiger partial charge in [-0.2, -0.15) is 0 Å². The van der Waals surface area contributed by atoms with Crippen LogP contribution in [0.25, 0.3) is 0 Å². The van der Waals surface area contributed by atoms with E-state index in [-0.39, 0.29) is 0 Å². The van der Waals surface area contributed by atoms with Gasteiger partial charge in [-0.05, 0) is 19.3 Å². The van der Waals surface area contributed by atoms with Crippen LogP contribution in [0.15, 0.2) is 4.36 Å². The van der Waals surface area contributed by atoms with Gasteiger partial charge in [0.25, 0.3) is 0 Å². The Bertz CT molecular complexity index is 193. The minimum absolute atomic E-state index is 0.311. The van der Waals surface area contributed by atoms with E-state index in [0.29, 0.717) is 16.7 Å². The van der Waals surface area contributed by atoms with Gasteiger partial charge in [-0.3, -0.25) is 4.36 Å². The zero-order chi connectivity index (χ0) is 9.84. The predicted molar refractivity (Wildman–Crippen MR) is 59.2 cm³/mol. The maximum atomic E-state index is 5.09. The van der Waals surface area contributed by atoms with Crippen LogP contribution in [0.2, 0.25) is 0 Å². The molecule has 2 nitrogen and oxygen atoms in total. The Kier molecular flexibility index (Phi) is 4.39. The van der Waals surface area contributed by atoms with Crippen LogP contribution < -0.4 is 0 Å². The lowest BCUT2D eigenvalue weighted by Crippen LogP contribution is -2.12. The SMILES string of the molecule is COCC(C)N=S1CC(C)CC1C. The molecular weight excluding hydrogens is 182 g/mol. The van der Waals surface area contributed by atoms with Gasteiger partial charge in [0.15, 0.2) is 0 Å². The first-order chi connectivity index (χ1) is 6.13. The third-order valence-corrected chi connectivity index (χ3v) is 5.04. The van der Waals surface area contributed by atoms with E-state index in [1.54, 1.807) is 7.11 Å². The Hall–Kier alpha value is 0.110. The number of nitrogens with zero attached hydrogens (tertiary/aromatic N) is 1. The number of hydrogen-bond donors (Lipinski definition) is 0. The second kappa shape index (κ2) is 5.11. The van der Waals surface area contributed by atoms with Crippen molar-refractivity contribution in [2.45, 2.75) is 38.5 Å². The zero-order valence-electron chi connectivity index (χ0n) is 9.12. The summed E-state index contributed by atoms with van der Waals surface area (Å²) in [6.45, 7) is 7.58. The summed E-state index contributed by atoms with van der Waals surface area (Å²) in [6.07, 6.45) is 1.35. The van der Waals surface area contributed by atoms with Gasteiger partial charge in [0.1, 0.15) is 0 Å². The number of rotatable bonds is 3. The molecule has 1 saturated heterocycles. The number of hydrogen-bond acceptors (Lipinski definition) is 2. The average molecular weight is 203 g/mol. The van der Waals surface area contributed by atoms with Gasteiger partial charge >= 0.3 is 0 Å². The predicted octanol–water partition coefficient (Wildman–Crippen LogP) is 2.25. The van der Waals surface area contributed by atoms with E-state index in [1.807, 2.05) is 0 Å². The maximum absolute atomic E-state index is 5.09. The summed E-state index contributed by atoms with van der Waals surface area (Å²) in [5, 5.41) is 0.800. The lowest BCUT2D eigenvalue weighted by Gasteiger charge is -2.09. The molecule has 0 spiro atoms. The largest absolute Gasteiger partial charge is 0.382 e. The van der Waals surface area contributed by atoms with E-state index in [2.05, 4.69) is 20.8 Å². The van der Waals surface area contributed by atoms with Crippen molar-refractivity contribution in [2.24, 2.45) is 10.3 Å². The highest BCUT2D eigenvalue weighted by atomic mass is 32.2. The topological polar surface area (TPSA) is 21.6 Å². The van der Waals surface area contributed by atoms with Gasteiger partial charge in [-0.25, -0.2) is 0 Å². The van der Waals surface area contributed by atoms with Crippen molar-refractivity contribution in [3.05, 3.63) is 0 Å². The second-order valence-electron chi connectivity index (χ2n) is 4.13. The fraction of sp³-hybridized carbons (Fsp3) is 1.00. The highest BCUT2D eigenvalue weighted by Gasteiger charge is 2.23. The normalized spacial score (nSPS) is 36.8. The fourth-order valence-electron chi connectivity index (χ4n) is 1.85. The Labute approximate surface area is 84.2 Å². The molecule has 1 aliphatic heterocycles. The van der Waals surface area contributed by atoms with Crippen LogP contribution in [0.5, 0.6) is 0 Å². The van der Waals surface area contributed by atoms with Gasteiger partial charge < -0.3 is 4.74 Å². The smallest absolute Gasteiger partial charge is 0.0773 e. The third-order valence-electron chi connectivity index (χ3n) is 2.38. The first-order valence-corrected chi connectivity index (χ1v) is 6.44. The van der Waals surface area contributed by atoms with Crippen molar-refractivity contribution >= 4 is 10.7 Å². The van der Waals surface area contributed by atoms with Gasteiger partial charge in [0.05, 0.1) is 12.6 Å². The van der Waals surface area contributed by atoms with Crippen LogP contribution in [0.1, 0.15) is 27.2 Å². The molecule has 1 fully saturated rings. The van der Waals surface area contributed by atoms with E-state index in [1.165, 1.54) is 12.2 Å². The van der Waals surface area contributed by atoms with Crippen molar-refractivity contribution in [1.82, 2.24) is 0 Å². The molecule has 1 aliphatic rings. The van der Waals surface area contributed by atoms with Gasteiger partial charge in [0, 0.05) is 18.1 Å². The van der Waals surface area contributed by atoms with E-state index >= 15 is 0 Å². The summed E-state index contributed by atoms with van der Waals surface area (Å²) in [5.74, 6) is 2.17. The first-order valence-electron chi connectivity index (χ1n) is 5.03. The fourth-order valence-corrected chi connectivity index (χ4v) is 4.27. The molecule has 4 unspecified atom stereocenters. The van der Waals surface area contributed by atoms with Gasteiger partial charge in [-0.15, -0.1) is 0 Å². The van der Waals surface area contributed by atoms with Crippen LogP contribution in [0.4, 0.5) is 0 Å². The second-order valence-corrected chi connectivity index (χ2v) is 6.28. The van der Waals surface area contributed by atoms with Gasteiger partial charge in [0.2, 0.25) is 0 Å². The van der Waals surface area contributed by atoms with Gasteiger partial charge in [-0.1, -0.05) is 24.5 Å². The minimum Gasteiger partial charge on any atom is -0.382 e. The molecule has 0 saturated carbocycles. The molecule has 0 aromatic rings. The molecule has 0 bridgehead atoms. The Morgan fingerprint density at radius 1 is 1.54 bits per heavy atom. The lowest BCUT2D eigenvalue weighted by atomic mass is 10.1. The highest BCUT2D eigenvalue weighted by Crippen LogP contribution is 2.24. The summed E-state index contributed by atoms with van der Waals surface area (Å²) in [4.78, 5) is 0. The summed E-state index contributed by atoms with van der Waals surface area (Å²) < 4.78 is 9.89. The summed E-state index contributed by atoms with van der Waals surface area (Å²) in [5.41, 5.74) is 0. The molecule has 1 heterocycles. The van der Waals surface area contributed by atoms with Crippen molar-refractivity contribution in [2.75, 3.05) is 19.5 Å². The molecule has 0 aromatic heterocycles. The maximum Gasteiger partial charge on any atom is 0.0773 e. The summed E-state index contributed by atoms with van der Waals surface area (Å²) in [7, 11) is 2.06. The van der Waals surface area contributed by atoms with E-state index in [9.17, 15) is 0 Å². The van der Waals surface area contributed by atoms with E-state index in [4.69, 9.17) is 9.10 Å². The van der Waals surface area contributed by atoms with E-state index in [0.717, 1.165) is 17.8 Å². The van der Waals surface area contributed by atoms with Crippen molar-refractivity contribution < 1.29 is 4.74 Å². The Balaban J connectivity index is 2.50. The first kappa shape index (κ1) is 11.2. The quantitative estimate of drug-likeness (QED) is 0.689. The molecule has 0 aromatic carbocycles. The molecule has 0 amide bonds. The number of ether oxygens (including phenoxy) is 1. The van der Waals surface area contributed by atoms with Crippen LogP contribution in [0, 0.1) is 5.92 Å². The molecule has 1 rings (SSSR count). The molecule has 0 radical (unpaired) electrons. The third kappa shape index (κ3) is 3.39. The standard InChI is InChI=1S/C10H21NOS/c1-8-5-10(3)13(7-8)11-9(2)6-12-4/h8-10H,5-7H2,1-4H3. The molecule has 4 atom stereocenters. The van der Waals surface area contributed by atoms with Crippen LogP contribution in [-0.4, -0.2) is 30.8 Å².